The van der Waals surface area contributed by atoms with Crippen LogP contribution in [-0.2, 0) is 13.0 Å². The zero-order chi connectivity index (χ0) is 12.1. The van der Waals surface area contributed by atoms with Crippen LogP contribution in [0.15, 0.2) is 22.7 Å². The summed E-state index contributed by atoms with van der Waals surface area (Å²) in [6.45, 7) is 0.750. The van der Waals surface area contributed by atoms with Gasteiger partial charge in [0.25, 0.3) is 0 Å². The van der Waals surface area contributed by atoms with Gasteiger partial charge in [0.2, 0.25) is 0 Å². The van der Waals surface area contributed by atoms with E-state index >= 15 is 0 Å². The van der Waals surface area contributed by atoms with Crippen LogP contribution in [0.25, 0.3) is 11.3 Å². The molecule has 0 amide bonds. The fourth-order valence-corrected chi connectivity index (χ4v) is 2.52. The Morgan fingerprint density at radius 1 is 1.39 bits per heavy atom. The lowest BCUT2D eigenvalue weighted by atomic mass is 10.1. The zero-order valence-corrected chi connectivity index (χ0v) is 9.87. The summed E-state index contributed by atoms with van der Waals surface area (Å²) >= 11 is 0. The van der Waals surface area contributed by atoms with Crippen molar-refractivity contribution in [2.75, 3.05) is 0 Å². The van der Waals surface area contributed by atoms with Gasteiger partial charge in [-0.05, 0) is 36.6 Å². The minimum atomic E-state index is -0.190. The number of hydrogen-bond donors (Lipinski definition) is 1. The summed E-state index contributed by atoms with van der Waals surface area (Å²) in [7, 11) is 0. The van der Waals surface area contributed by atoms with Crippen LogP contribution in [0.5, 0.6) is 0 Å². The molecule has 0 unspecified atom stereocenters. The number of nitrogens with one attached hydrogen (secondary N) is 1. The van der Waals surface area contributed by atoms with Gasteiger partial charge in [0.15, 0.2) is 5.76 Å². The fourth-order valence-electron chi connectivity index (χ4n) is 2.52. The summed E-state index contributed by atoms with van der Waals surface area (Å²) in [4.78, 5) is 0. The van der Waals surface area contributed by atoms with Gasteiger partial charge in [-0.3, -0.25) is 0 Å². The third kappa shape index (κ3) is 1.56. The largest absolute Gasteiger partial charge is 0.356 e. The molecule has 0 spiro atoms. The molecule has 1 saturated carbocycles. The number of rotatable bonds is 3. The van der Waals surface area contributed by atoms with E-state index in [-0.39, 0.29) is 5.82 Å². The van der Waals surface area contributed by atoms with Gasteiger partial charge in [-0.1, -0.05) is 5.16 Å². The third-order valence-corrected chi connectivity index (χ3v) is 3.68. The molecule has 0 saturated heterocycles. The summed E-state index contributed by atoms with van der Waals surface area (Å²) in [6, 6.07) is 5.49. The van der Waals surface area contributed by atoms with Crippen molar-refractivity contribution in [1.29, 1.82) is 0 Å². The minimum Gasteiger partial charge on any atom is -0.356 e. The molecule has 0 aliphatic heterocycles. The van der Waals surface area contributed by atoms with Crippen LogP contribution < -0.4 is 5.32 Å². The van der Waals surface area contributed by atoms with E-state index in [1.807, 2.05) is 0 Å². The predicted octanol–water partition coefficient (Wildman–Crippen LogP) is 2.64. The first-order valence-electron chi connectivity index (χ1n) is 6.31. The lowest BCUT2D eigenvalue weighted by Crippen LogP contribution is -2.16. The van der Waals surface area contributed by atoms with E-state index in [2.05, 4.69) is 10.5 Å². The van der Waals surface area contributed by atoms with E-state index in [1.165, 1.54) is 18.9 Å². The normalized spacial score (nSPS) is 16.7. The van der Waals surface area contributed by atoms with Gasteiger partial charge in [0.05, 0.1) is 0 Å². The second-order valence-corrected chi connectivity index (χ2v) is 5.07. The lowest BCUT2D eigenvalue weighted by Gasteiger charge is -2.00. The van der Waals surface area contributed by atoms with Crippen LogP contribution in [0.2, 0.25) is 0 Å². The maximum absolute atomic E-state index is 13.2. The molecule has 0 bridgehead atoms. The van der Waals surface area contributed by atoms with Crippen LogP contribution in [0, 0.1) is 5.82 Å². The van der Waals surface area contributed by atoms with E-state index in [4.69, 9.17) is 4.52 Å². The monoisotopic (exact) mass is 244 g/mol. The zero-order valence-electron chi connectivity index (χ0n) is 9.87. The van der Waals surface area contributed by atoms with Gasteiger partial charge in [-0.15, -0.1) is 0 Å². The molecule has 4 heteroatoms. The average Bonchev–Trinajstić information content (AvgIpc) is 3.00. The maximum Gasteiger partial charge on any atom is 0.170 e. The Morgan fingerprint density at radius 2 is 2.28 bits per heavy atom. The van der Waals surface area contributed by atoms with Crippen LogP contribution in [-0.4, -0.2) is 11.2 Å². The molecule has 2 aliphatic rings. The highest BCUT2D eigenvalue weighted by atomic mass is 19.1. The highest BCUT2D eigenvalue weighted by Crippen LogP contribution is 2.38. The Morgan fingerprint density at radius 3 is 3.11 bits per heavy atom. The van der Waals surface area contributed by atoms with Crippen molar-refractivity contribution in [3.05, 3.63) is 40.8 Å². The van der Waals surface area contributed by atoms with E-state index in [0.717, 1.165) is 41.1 Å². The molecule has 2 aromatic rings. The Hall–Kier alpha value is -1.68. The summed E-state index contributed by atoms with van der Waals surface area (Å²) in [6.07, 6.45) is 3.24. The quantitative estimate of drug-likeness (QED) is 0.769. The highest BCUT2D eigenvalue weighted by molar-refractivity contribution is 5.72. The number of aromatic nitrogens is 1. The Labute approximate surface area is 104 Å². The molecule has 1 heterocycles. The first-order chi connectivity index (χ1) is 8.81. The van der Waals surface area contributed by atoms with E-state index in [9.17, 15) is 4.39 Å². The lowest BCUT2D eigenvalue weighted by molar-refractivity contribution is 0.420. The van der Waals surface area contributed by atoms with Crippen molar-refractivity contribution in [3.63, 3.8) is 0 Å². The molecule has 1 fully saturated rings. The van der Waals surface area contributed by atoms with Gasteiger partial charge in [0, 0.05) is 30.1 Å². The number of nitrogens with zero attached hydrogens (tertiary/aromatic N) is 1. The summed E-state index contributed by atoms with van der Waals surface area (Å²) in [5.74, 6) is 0.627. The standard InChI is InChI=1S/C14H13FN2O/c15-9-1-4-11-8(5-9)6-12-13(17-18-14(11)12)7-16-10-2-3-10/h1,4-5,10,16H,2-3,6-7H2. The van der Waals surface area contributed by atoms with Crippen molar-refractivity contribution in [2.45, 2.75) is 31.8 Å². The van der Waals surface area contributed by atoms with Crippen LogP contribution in [0.3, 0.4) is 0 Å². The smallest absolute Gasteiger partial charge is 0.170 e. The first-order valence-corrected chi connectivity index (χ1v) is 6.31. The van der Waals surface area contributed by atoms with E-state index in [0.29, 0.717) is 6.04 Å². The molecule has 1 aromatic heterocycles. The van der Waals surface area contributed by atoms with Gasteiger partial charge < -0.3 is 9.84 Å². The number of halogens is 1. The molecule has 0 atom stereocenters. The molecular formula is C14H13FN2O. The second-order valence-electron chi connectivity index (χ2n) is 5.07. The maximum atomic E-state index is 13.2. The Balaban J connectivity index is 1.66. The molecule has 2 aliphatic carbocycles. The Kier molecular flexibility index (Phi) is 2.08. The summed E-state index contributed by atoms with van der Waals surface area (Å²) < 4.78 is 18.6. The van der Waals surface area contributed by atoms with Gasteiger partial charge in [-0.2, -0.15) is 0 Å². The van der Waals surface area contributed by atoms with Crippen LogP contribution in [0.1, 0.15) is 29.7 Å². The number of hydrogen-bond acceptors (Lipinski definition) is 3. The van der Waals surface area contributed by atoms with Gasteiger partial charge in [0.1, 0.15) is 11.5 Å². The topological polar surface area (TPSA) is 38.1 Å². The average molecular weight is 244 g/mol. The molecule has 92 valence electrons. The number of fused-ring (bicyclic) bond motifs is 3. The van der Waals surface area contributed by atoms with E-state index in [1.54, 1.807) is 12.1 Å². The van der Waals surface area contributed by atoms with Crippen LogP contribution >= 0.6 is 0 Å². The van der Waals surface area contributed by atoms with E-state index < -0.39 is 0 Å². The SMILES string of the molecule is Fc1ccc2c(c1)Cc1c(CNC3CC3)noc1-2. The van der Waals surface area contributed by atoms with Crippen LogP contribution in [0.4, 0.5) is 4.39 Å². The molecule has 1 N–H and O–H groups in total. The molecule has 1 aromatic carbocycles. The predicted molar refractivity (Wildman–Crippen MR) is 64.6 cm³/mol. The summed E-state index contributed by atoms with van der Waals surface area (Å²) in [5, 5.41) is 7.56. The molecule has 0 radical (unpaired) electrons. The molecule has 4 rings (SSSR count). The highest BCUT2D eigenvalue weighted by Gasteiger charge is 2.28. The second kappa shape index (κ2) is 3.65. The first kappa shape index (κ1) is 10.3. The van der Waals surface area contributed by atoms with Crippen molar-refractivity contribution in [1.82, 2.24) is 10.5 Å². The van der Waals surface area contributed by atoms with Crippen molar-refractivity contribution < 1.29 is 8.91 Å². The van der Waals surface area contributed by atoms with Crippen molar-refractivity contribution in [3.8, 4) is 11.3 Å². The third-order valence-electron chi connectivity index (χ3n) is 3.68. The Bertz CT molecular complexity index is 616. The summed E-state index contributed by atoms with van der Waals surface area (Å²) in [5.41, 5.74) is 4.06. The number of benzene rings is 1. The molecular weight excluding hydrogens is 231 g/mol. The van der Waals surface area contributed by atoms with Crippen molar-refractivity contribution >= 4 is 0 Å². The fraction of sp³-hybridized carbons (Fsp3) is 0.357. The van der Waals surface area contributed by atoms with Gasteiger partial charge in [-0.25, -0.2) is 4.39 Å². The van der Waals surface area contributed by atoms with Gasteiger partial charge >= 0.3 is 0 Å². The minimum absolute atomic E-state index is 0.190. The van der Waals surface area contributed by atoms with Crippen molar-refractivity contribution in [2.24, 2.45) is 0 Å². The molecule has 3 nitrogen and oxygen atoms in total. The molecule has 18 heavy (non-hydrogen) atoms.